The molecule has 0 saturated carbocycles. The van der Waals surface area contributed by atoms with Crippen LogP contribution >= 0.6 is 23.7 Å². The van der Waals surface area contributed by atoms with Crippen molar-refractivity contribution in [3.05, 3.63) is 35.0 Å². The molecule has 2 aromatic rings. The van der Waals surface area contributed by atoms with Crippen molar-refractivity contribution in [1.29, 1.82) is 0 Å². The molecule has 1 fully saturated rings. The molecule has 0 bridgehead atoms. The van der Waals surface area contributed by atoms with Crippen LogP contribution in [0.15, 0.2) is 24.3 Å². The fourth-order valence-corrected chi connectivity index (χ4v) is 3.81. The summed E-state index contributed by atoms with van der Waals surface area (Å²) < 4.78 is 14.2. The Bertz CT molecular complexity index is 646. The van der Waals surface area contributed by atoms with Crippen LogP contribution in [-0.4, -0.2) is 37.0 Å². The number of benzene rings is 1. The van der Waals surface area contributed by atoms with E-state index in [4.69, 9.17) is 0 Å². The highest BCUT2D eigenvalue weighted by Gasteiger charge is 2.29. The average Bonchev–Trinajstić information content (AvgIpc) is 3.04. The number of nitrogens with zero attached hydrogens (tertiary/aromatic N) is 1. The van der Waals surface area contributed by atoms with Crippen molar-refractivity contribution in [2.45, 2.75) is 18.9 Å². The van der Waals surface area contributed by atoms with E-state index in [1.807, 2.05) is 11.9 Å². The Morgan fingerprint density at radius 1 is 1.48 bits per heavy atom. The molecular formula is C15H18ClFN2OS. The van der Waals surface area contributed by atoms with Gasteiger partial charge in [-0.25, -0.2) is 4.39 Å². The van der Waals surface area contributed by atoms with Gasteiger partial charge in [0.05, 0.1) is 4.88 Å². The monoisotopic (exact) mass is 328 g/mol. The lowest BCUT2D eigenvalue weighted by Gasteiger charge is -2.23. The molecule has 0 radical (unpaired) electrons. The van der Waals surface area contributed by atoms with Crippen molar-refractivity contribution in [2.24, 2.45) is 0 Å². The van der Waals surface area contributed by atoms with Crippen LogP contribution in [0.2, 0.25) is 0 Å². The number of carbonyl (C=O) groups excluding carboxylic acids is 1. The number of hydrogen-bond acceptors (Lipinski definition) is 3. The molecule has 1 saturated heterocycles. The SMILES string of the molecule is CNCC1CCCN1C(=O)c1cc2cc(F)ccc2s1.Cl. The Morgan fingerprint density at radius 2 is 2.29 bits per heavy atom. The topological polar surface area (TPSA) is 32.3 Å². The van der Waals surface area contributed by atoms with E-state index in [2.05, 4.69) is 5.32 Å². The van der Waals surface area contributed by atoms with Crippen molar-refractivity contribution in [3.63, 3.8) is 0 Å². The first kappa shape index (κ1) is 16.2. The highest BCUT2D eigenvalue weighted by atomic mass is 35.5. The van der Waals surface area contributed by atoms with Gasteiger partial charge in [-0.15, -0.1) is 23.7 Å². The molecule has 1 unspecified atom stereocenters. The summed E-state index contributed by atoms with van der Waals surface area (Å²) in [5.41, 5.74) is 0. The van der Waals surface area contributed by atoms with Crippen LogP contribution in [0.1, 0.15) is 22.5 Å². The number of hydrogen-bond donors (Lipinski definition) is 1. The molecular weight excluding hydrogens is 311 g/mol. The third kappa shape index (κ3) is 3.20. The van der Waals surface area contributed by atoms with Crippen LogP contribution in [0, 0.1) is 5.82 Å². The standard InChI is InChI=1S/C15H17FN2OS.ClH/c1-17-9-12-3-2-6-18(12)15(19)14-8-10-7-11(16)4-5-13(10)20-14;/h4-5,7-8,12,17H,2-3,6,9H2,1H3;1H. The van der Waals surface area contributed by atoms with E-state index in [0.717, 1.165) is 36.0 Å². The summed E-state index contributed by atoms with van der Waals surface area (Å²) in [5, 5.41) is 3.95. The molecule has 1 amide bonds. The van der Waals surface area contributed by atoms with Crippen LogP contribution in [0.5, 0.6) is 0 Å². The summed E-state index contributed by atoms with van der Waals surface area (Å²) in [4.78, 5) is 15.2. The van der Waals surface area contributed by atoms with E-state index in [0.29, 0.717) is 4.88 Å². The van der Waals surface area contributed by atoms with Crippen molar-refractivity contribution in [1.82, 2.24) is 10.2 Å². The van der Waals surface area contributed by atoms with Crippen LogP contribution in [0.3, 0.4) is 0 Å². The Hall–Kier alpha value is -1.17. The minimum absolute atomic E-state index is 0. The number of fused-ring (bicyclic) bond motifs is 1. The minimum atomic E-state index is -0.261. The largest absolute Gasteiger partial charge is 0.334 e. The third-order valence-electron chi connectivity index (χ3n) is 3.77. The fourth-order valence-electron chi connectivity index (χ4n) is 2.81. The summed E-state index contributed by atoms with van der Waals surface area (Å²) in [6.45, 7) is 1.64. The maximum Gasteiger partial charge on any atom is 0.264 e. The number of thiophene rings is 1. The molecule has 21 heavy (non-hydrogen) atoms. The van der Waals surface area contributed by atoms with Gasteiger partial charge in [0.15, 0.2) is 0 Å². The van der Waals surface area contributed by atoms with Crippen molar-refractivity contribution >= 4 is 39.7 Å². The number of nitrogens with one attached hydrogen (secondary N) is 1. The smallest absolute Gasteiger partial charge is 0.264 e. The Balaban J connectivity index is 0.00000161. The zero-order valence-corrected chi connectivity index (χ0v) is 13.4. The normalized spacial score (nSPS) is 18.0. The predicted octanol–water partition coefficient (Wildman–Crippen LogP) is 3.29. The molecule has 1 aliphatic heterocycles. The predicted molar refractivity (Wildman–Crippen MR) is 87.0 cm³/mol. The lowest BCUT2D eigenvalue weighted by atomic mass is 10.2. The van der Waals surface area contributed by atoms with Gasteiger partial charge in [0.25, 0.3) is 5.91 Å². The molecule has 0 spiro atoms. The van der Waals surface area contributed by atoms with E-state index in [1.165, 1.54) is 23.5 Å². The number of halogens is 2. The Morgan fingerprint density at radius 3 is 3.05 bits per heavy atom. The van der Waals surface area contributed by atoms with Gasteiger partial charge in [-0.1, -0.05) is 0 Å². The van der Waals surface area contributed by atoms with Crippen LogP contribution in [0.25, 0.3) is 10.1 Å². The molecule has 2 heterocycles. The molecule has 0 aliphatic carbocycles. The number of likely N-dealkylation sites (N-methyl/N-ethyl adjacent to an activating group) is 1. The highest BCUT2D eigenvalue weighted by molar-refractivity contribution is 7.20. The second kappa shape index (κ2) is 6.73. The fraction of sp³-hybridized carbons (Fsp3) is 0.400. The Labute approximate surface area is 133 Å². The number of likely N-dealkylation sites (tertiary alicyclic amines) is 1. The molecule has 6 heteroatoms. The minimum Gasteiger partial charge on any atom is -0.334 e. The van der Waals surface area contributed by atoms with E-state index in [-0.39, 0.29) is 30.2 Å². The second-order valence-electron chi connectivity index (χ2n) is 5.15. The van der Waals surface area contributed by atoms with Crippen LogP contribution in [-0.2, 0) is 0 Å². The van der Waals surface area contributed by atoms with Crippen LogP contribution < -0.4 is 5.32 Å². The van der Waals surface area contributed by atoms with Crippen LogP contribution in [0.4, 0.5) is 4.39 Å². The molecule has 114 valence electrons. The maximum absolute atomic E-state index is 13.2. The lowest BCUT2D eigenvalue weighted by molar-refractivity contribution is 0.0742. The molecule has 3 nitrogen and oxygen atoms in total. The maximum atomic E-state index is 13.2. The van der Waals surface area contributed by atoms with Gasteiger partial charge in [0.2, 0.25) is 0 Å². The van der Waals surface area contributed by atoms with Crippen molar-refractivity contribution in [2.75, 3.05) is 20.1 Å². The van der Waals surface area contributed by atoms with Crippen molar-refractivity contribution < 1.29 is 9.18 Å². The third-order valence-corrected chi connectivity index (χ3v) is 4.87. The molecule has 1 atom stereocenters. The summed E-state index contributed by atoms with van der Waals surface area (Å²) in [6.07, 6.45) is 2.10. The van der Waals surface area contributed by atoms with Gasteiger partial charge in [-0.05, 0) is 49.5 Å². The highest BCUT2D eigenvalue weighted by Crippen LogP contribution is 2.29. The van der Waals surface area contributed by atoms with Crippen molar-refractivity contribution in [3.8, 4) is 0 Å². The quantitative estimate of drug-likeness (QED) is 0.937. The number of rotatable bonds is 3. The van der Waals surface area contributed by atoms with E-state index < -0.39 is 0 Å². The molecule has 3 rings (SSSR count). The second-order valence-corrected chi connectivity index (χ2v) is 6.23. The molecule has 1 N–H and O–H groups in total. The van der Waals surface area contributed by atoms with Gasteiger partial charge in [0.1, 0.15) is 5.82 Å². The number of amides is 1. The van der Waals surface area contributed by atoms with Gasteiger partial charge < -0.3 is 10.2 Å². The first-order valence-corrected chi connectivity index (χ1v) is 7.65. The summed E-state index contributed by atoms with van der Waals surface area (Å²) in [6, 6.07) is 6.74. The Kier molecular flexibility index (Phi) is 5.19. The van der Waals surface area contributed by atoms with E-state index >= 15 is 0 Å². The molecule has 1 aliphatic rings. The van der Waals surface area contributed by atoms with E-state index in [1.54, 1.807) is 12.1 Å². The zero-order valence-electron chi connectivity index (χ0n) is 11.8. The number of carbonyl (C=O) groups is 1. The summed E-state index contributed by atoms with van der Waals surface area (Å²) >= 11 is 1.44. The average molecular weight is 329 g/mol. The van der Waals surface area contributed by atoms with Gasteiger partial charge in [0, 0.05) is 23.8 Å². The molecule has 1 aromatic heterocycles. The lowest BCUT2D eigenvalue weighted by Crippen LogP contribution is -2.40. The molecule has 1 aromatic carbocycles. The first-order chi connectivity index (χ1) is 9.69. The zero-order chi connectivity index (χ0) is 14.1. The van der Waals surface area contributed by atoms with E-state index in [9.17, 15) is 9.18 Å². The summed E-state index contributed by atoms with van der Waals surface area (Å²) in [5.74, 6) is -0.187. The first-order valence-electron chi connectivity index (χ1n) is 6.83. The van der Waals surface area contributed by atoms with Gasteiger partial charge >= 0.3 is 0 Å². The summed E-state index contributed by atoms with van der Waals surface area (Å²) in [7, 11) is 1.91. The van der Waals surface area contributed by atoms with Gasteiger partial charge in [-0.3, -0.25) is 4.79 Å². The van der Waals surface area contributed by atoms with Gasteiger partial charge in [-0.2, -0.15) is 0 Å².